The van der Waals surface area contributed by atoms with Crippen molar-refractivity contribution in [2.45, 2.75) is 13.1 Å². The van der Waals surface area contributed by atoms with E-state index in [1.165, 1.54) is 17.8 Å². The number of hydrogen-bond donors (Lipinski definition) is 1. The zero-order valence-electron chi connectivity index (χ0n) is 22.1. The number of nitrogens with zero attached hydrogens (tertiary/aromatic N) is 3. The molecule has 0 spiro atoms. The van der Waals surface area contributed by atoms with Crippen LogP contribution in [0, 0.1) is 0 Å². The number of aromatic carboxylic acids is 1. The molecule has 1 amide bonds. The van der Waals surface area contributed by atoms with Crippen molar-refractivity contribution in [3.63, 3.8) is 0 Å². The van der Waals surface area contributed by atoms with Crippen LogP contribution in [0.4, 0.5) is 5.69 Å². The van der Waals surface area contributed by atoms with Crippen LogP contribution in [0.3, 0.4) is 0 Å². The fourth-order valence-electron chi connectivity index (χ4n) is 4.67. The number of carboxylic acids is 1. The van der Waals surface area contributed by atoms with E-state index in [0.717, 1.165) is 33.5 Å². The highest BCUT2D eigenvalue weighted by molar-refractivity contribution is 8.18. The van der Waals surface area contributed by atoms with Gasteiger partial charge in [0.1, 0.15) is 11.5 Å². The lowest BCUT2D eigenvalue weighted by atomic mass is 10.1. The predicted octanol–water partition coefficient (Wildman–Crippen LogP) is 6.79. The van der Waals surface area contributed by atoms with Gasteiger partial charge in [-0.15, -0.1) is 0 Å². The van der Waals surface area contributed by atoms with E-state index in [-0.39, 0.29) is 11.7 Å². The summed E-state index contributed by atoms with van der Waals surface area (Å²) in [6, 6.07) is 28.2. The first-order chi connectivity index (χ1) is 20.0. The summed E-state index contributed by atoms with van der Waals surface area (Å²) in [6.07, 6.45) is 3.85. The first-order valence-electron chi connectivity index (χ1n) is 12.9. The van der Waals surface area contributed by atoms with Gasteiger partial charge in [0.05, 0.1) is 30.8 Å². The number of fused-ring (bicyclic) bond motifs is 1. The number of amidine groups is 1. The molecule has 2 aromatic heterocycles. The maximum Gasteiger partial charge on any atom is 0.371 e. The van der Waals surface area contributed by atoms with E-state index in [0.29, 0.717) is 28.9 Å². The minimum absolute atomic E-state index is 0.103. The maximum absolute atomic E-state index is 13.8. The van der Waals surface area contributed by atoms with E-state index < -0.39 is 5.97 Å². The highest BCUT2D eigenvalue weighted by Crippen LogP contribution is 2.37. The third kappa shape index (κ3) is 5.53. The van der Waals surface area contributed by atoms with Crippen molar-refractivity contribution in [1.29, 1.82) is 0 Å². The van der Waals surface area contributed by atoms with Gasteiger partial charge in [-0.25, -0.2) is 9.79 Å². The highest BCUT2D eigenvalue weighted by Gasteiger charge is 2.34. The maximum atomic E-state index is 13.8. The number of furan rings is 1. The van der Waals surface area contributed by atoms with Gasteiger partial charge < -0.3 is 18.8 Å². The van der Waals surface area contributed by atoms with Crippen molar-refractivity contribution in [3.8, 4) is 5.75 Å². The van der Waals surface area contributed by atoms with Crippen molar-refractivity contribution in [2.24, 2.45) is 4.99 Å². The standard InChI is InChI=1S/C32H25N3O5S/c1-39-24-13-11-21(12-14-24)18-35-30(36)29(41-32(35)33-23-7-3-2-4-8-23)17-22-19-34(27-10-6-5-9-26(22)27)20-25-15-16-28(40-25)31(37)38/h2-17,19H,18,20H2,1H3,(H,37,38)/b29-17-,33-32?. The molecule has 0 unspecified atom stereocenters. The van der Waals surface area contributed by atoms with Crippen LogP contribution in [0.5, 0.6) is 5.75 Å². The van der Waals surface area contributed by atoms with Crippen molar-refractivity contribution in [1.82, 2.24) is 9.47 Å². The Bertz CT molecular complexity index is 1800. The topological polar surface area (TPSA) is 97.3 Å². The Morgan fingerprint density at radius 1 is 0.976 bits per heavy atom. The fourth-order valence-corrected chi connectivity index (χ4v) is 5.65. The minimum Gasteiger partial charge on any atom is -0.497 e. The number of aromatic nitrogens is 1. The van der Waals surface area contributed by atoms with E-state index in [9.17, 15) is 14.7 Å². The SMILES string of the molecule is COc1ccc(CN2C(=O)/C(=C/c3cn(Cc4ccc(C(=O)O)o4)c4ccccc34)SC2=Nc2ccccc2)cc1. The molecule has 0 aliphatic carbocycles. The van der Waals surface area contributed by atoms with E-state index in [1.807, 2.05) is 95.7 Å². The lowest BCUT2D eigenvalue weighted by Crippen LogP contribution is -2.28. The second-order valence-corrected chi connectivity index (χ2v) is 10.4. The first kappa shape index (κ1) is 26.2. The van der Waals surface area contributed by atoms with E-state index >= 15 is 0 Å². The predicted molar refractivity (Wildman–Crippen MR) is 159 cm³/mol. The van der Waals surface area contributed by atoms with Gasteiger partial charge in [-0.2, -0.15) is 0 Å². The Morgan fingerprint density at radius 3 is 2.46 bits per heavy atom. The second-order valence-electron chi connectivity index (χ2n) is 9.38. The van der Waals surface area contributed by atoms with Crippen molar-refractivity contribution < 1.29 is 23.8 Å². The Labute approximate surface area is 240 Å². The monoisotopic (exact) mass is 563 g/mol. The van der Waals surface area contributed by atoms with Crippen molar-refractivity contribution >= 4 is 51.5 Å². The largest absolute Gasteiger partial charge is 0.497 e. The van der Waals surface area contributed by atoms with Crippen LogP contribution in [-0.4, -0.2) is 38.7 Å². The molecule has 0 radical (unpaired) electrons. The van der Waals surface area contributed by atoms with Gasteiger partial charge in [0, 0.05) is 22.7 Å². The molecule has 9 heteroatoms. The van der Waals surface area contributed by atoms with Gasteiger partial charge in [-0.1, -0.05) is 48.5 Å². The molecule has 1 fully saturated rings. The second kappa shape index (κ2) is 11.2. The molecule has 3 heterocycles. The number of carboxylic acid groups (broad SMARTS) is 1. The van der Waals surface area contributed by atoms with Crippen LogP contribution in [0.1, 0.15) is 27.4 Å². The lowest BCUT2D eigenvalue weighted by Gasteiger charge is -2.16. The van der Waals surface area contributed by atoms with Gasteiger partial charge in [-0.05, 0) is 65.9 Å². The molecule has 1 N–H and O–H groups in total. The van der Waals surface area contributed by atoms with E-state index in [1.54, 1.807) is 18.1 Å². The number of amides is 1. The van der Waals surface area contributed by atoms with Crippen LogP contribution in [0.25, 0.3) is 17.0 Å². The van der Waals surface area contributed by atoms with Crippen LogP contribution in [-0.2, 0) is 17.9 Å². The number of hydrogen-bond acceptors (Lipinski definition) is 6. The van der Waals surface area contributed by atoms with Crippen LogP contribution < -0.4 is 4.74 Å². The Balaban J connectivity index is 1.36. The van der Waals surface area contributed by atoms with E-state index in [4.69, 9.17) is 14.1 Å². The Morgan fingerprint density at radius 2 is 1.73 bits per heavy atom. The Kier molecular flexibility index (Phi) is 7.18. The summed E-state index contributed by atoms with van der Waals surface area (Å²) in [6.45, 7) is 0.716. The number of para-hydroxylation sites is 2. The summed E-state index contributed by atoms with van der Waals surface area (Å²) in [5.41, 5.74) is 3.53. The third-order valence-electron chi connectivity index (χ3n) is 6.67. The van der Waals surface area contributed by atoms with Crippen molar-refractivity contribution in [2.75, 3.05) is 7.11 Å². The molecule has 1 aliphatic rings. The summed E-state index contributed by atoms with van der Waals surface area (Å²) in [7, 11) is 1.62. The molecular formula is C32H25N3O5S. The van der Waals surface area contributed by atoms with Gasteiger partial charge >= 0.3 is 5.97 Å². The molecule has 8 nitrogen and oxygen atoms in total. The summed E-state index contributed by atoms with van der Waals surface area (Å²) in [5, 5.41) is 10.8. The van der Waals surface area contributed by atoms with Crippen LogP contribution in [0.15, 0.2) is 112 Å². The summed E-state index contributed by atoms with van der Waals surface area (Å²) in [5.74, 6) is -0.0669. The quantitative estimate of drug-likeness (QED) is 0.209. The number of aliphatic imine (C=N–C) groups is 1. The van der Waals surface area contributed by atoms with Gasteiger partial charge in [0.25, 0.3) is 5.91 Å². The average molecular weight is 564 g/mol. The zero-order chi connectivity index (χ0) is 28.3. The number of thioether (sulfide) groups is 1. The smallest absolute Gasteiger partial charge is 0.371 e. The molecule has 204 valence electrons. The zero-order valence-corrected chi connectivity index (χ0v) is 22.9. The molecule has 5 aromatic rings. The number of methoxy groups -OCH3 is 1. The first-order valence-corrected chi connectivity index (χ1v) is 13.7. The summed E-state index contributed by atoms with van der Waals surface area (Å²) < 4.78 is 12.8. The number of rotatable bonds is 8. The minimum atomic E-state index is -1.11. The molecule has 6 rings (SSSR count). The third-order valence-corrected chi connectivity index (χ3v) is 7.68. The van der Waals surface area contributed by atoms with Crippen LogP contribution >= 0.6 is 11.8 Å². The molecule has 0 saturated carbocycles. The van der Waals surface area contributed by atoms with Gasteiger partial charge in [0.2, 0.25) is 5.76 Å². The number of carbonyl (C=O) groups excluding carboxylic acids is 1. The normalized spacial score (nSPS) is 15.3. The molecule has 1 saturated heterocycles. The van der Waals surface area contributed by atoms with Gasteiger partial charge in [-0.3, -0.25) is 9.69 Å². The molecule has 41 heavy (non-hydrogen) atoms. The van der Waals surface area contributed by atoms with Gasteiger partial charge in [0.15, 0.2) is 5.17 Å². The number of carbonyl (C=O) groups is 2. The Hall–Kier alpha value is -5.02. The summed E-state index contributed by atoms with van der Waals surface area (Å²) in [4.78, 5) is 32.1. The fraction of sp³-hybridized carbons (Fsp3) is 0.0938. The number of benzene rings is 3. The molecule has 0 atom stereocenters. The molecule has 1 aliphatic heterocycles. The lowest BCUT2D eigenvalue weighted by molar-refractivity contribution is -0.122. The molecular weight excluding hydrogens is 538 g/mol. The van der Waals surface area contributed by atoms with E-state index in [2.05, 4.69) is 0 Å². The average Bonchev–Trinajstić information content (AvgIpc) is 3.68. The summed E-state index contributed by atoms with van der Waals surface area (Å²) >= 11 is 1.34. The highest BCUT2D eigenvalue weighted by atomic mass is 32.2. The van der Waals surface area contributed by atoms with Crippen LogP contribution in [0.2, 0.25) is 0 Å². The number of ether oxygens (including phenoxy) is 1. The molecule has 3 aromatic carbocycles. The molecule has 0 bridgehead atoms. The van der Waals surface area contributed by atoms with Crippen molar-refractivity contribution in [3.05, 3.63) is 125 Å².